The third-order valence-corrected chi connectivity index (χ3v) is 4.15. The Labute approximate surface area is 114 Å². The summed E-state index contributed by atoms with van der Waals surface area (Å²) in [5.41, 5.74) is -0.751. The fourth-order valence-corrected chi connectivity index (χ4v) is 3.51. The van der Waals surface area contributed by atoms with Gasteiger partial charge in [-0.25, -0.2) is 4.79 Å². The van der Waals surface area contributed by atoms with Crippen LogP contribution in [-0.4, -0.2) is 42.2 Å². The van der Waals surface area contributed by atoms with Crippen molar-refractivity contribution >= 4 is 6.09 Å². The summed E-state index contributed by atoms with van der Waals surface area (Å²) < 4.78 is 10.5. The Morgan fingerprint density at radius 2 is 1.95 bits per heavy atom. The normalized spacial score (nSPS) is 37.4. The van der Waals surface area contributed by atoms with Gasteiger partial charge in [-0.2, -0.15) is 0 Å². The van der Waals surface area contributed by atoms with E-state index in [0.717, 1.165) is 25.7 Å². The van der Waals surface area contributed by atoms with Crippen molar-refractivity contribution in [3.05, 3.63) is 0 Å². The van der Waals surface area contributed by atoms with Crippen LogP contribution in [0.25, 0.3) is 0 Å². The molecule has 2 rings (SSSR count). The van der Waals surface area contributed by atoms with Gasteiger partial charge >= 0.3 is 6.09 Å². The Morgan fingerprint density at radius 3 is 2.37 bits per heavy atom. The molecule has 19 heavy (non-hydrogen) atoms. The van der Waals surface area contributed by atoms with E-state index in [1.807, 2.05) is 20.8 Å². The standard InChI is InChI=1S/C14H25NO4/c1-12(2,3)19-11(17)15-14(9-16)7-13(8-14)5-10(6-13)18-4/h10,16H,5-9H2,1-4H3,(H,15,17). The first-order valence-corrected chi connectivity index (χ1v) is 6.86. The van der Waals surface area contributed by atoms with Gasteiger partial charge in [0.2, 0.25) is 0 Å². The van der Waals surface area contributed by atoms with Gasteiger partial charge < -0.3 is 19.9 Å². The molecular weight excluding hydrogens is 246 g/mol. The highest BCUT2D eigenvalue weighted by molar-refractivity contribution is 5.69. The van der Waals surface area contributed by atoms with E-state index in [9.17, 15) is 9.90 Å². The van der Waals surface area contributed by atoms with Crippen LogP contribution < -0.4 is 5.32 Å². The van der Waals surface area contributed by atoms with Crippen molar-refractivity contribution in [2.45, 2.75) is 63.7 Å². The highest BCUT2D eigenvalue weighted by Gasteiger charge is 2.60. The summed E-state index contributed by atoms with van der Waals surface area (Å²) in [7, 11) is 1.73. The zero-order valence-electron chi connectivity index (χ0n) is 12.3. The molecule has 0 heterocycles. The molecular formula is C14H25NO4. The summed E-state index contributed by atoms with van der Waals surface area (Å²) in [5.74, 6) is 0. The predicted molar refractivity (Wildman–Crippen MR) is 70.9 cm³/mol. The molecule has 2 aliphatic rings. The molecule has 0 aromatic heterocycles. The molecule has 5 nitrogen and oxygen atoms in total. The predicted octanol–water partition coefficient (Wildman–Crippen LogP) is 1.83. The van der Waals surface area contributed by atoms with Crippen molar-refractivity contribution in [3.8, 4) is 0 Å². The lowest BCUT2D eigenvalue weighted by atomic mass is 9.47. The molecule has 0 saturated heterocycles. The van der Waals surface area contributed by atoms with Gasteiger partial charge in [0.15, 0.2) is 0 Å². The van der Waals surface area contributed by atoms with E-state index in [4.69, 9.17) is 9.47 Å². The lowest BCUT2D eigenvalue weighted by molar-refractivity contribution is -0.151. The Kier molecular flexibility index (Phi) is 3.56. The highest BCUT2D eigenvalue weighted by atomic mass is 16.6. The molecule has 2 saturated carbocycles. The van der Waals surface area contributed by atoms with E-state index in [1.54, 1.807) is 7.11 Å². The fraction of sp³-hybridized carbons (Fsp3) is 0.929. The number of methoxy groups -OCH3 is 1. The van der Waals surface area contributed by atoms with Crippen LogP contribution in [0.3, 0.4) is 0 Å². The molecule has 1 spiro atoms. The van der Waals surface area contributed by atoms with Crippen molar-refractivity contribution in [1.29, 1.82) is 0 Å². The molecule has 0 unspecified atom stereocenters. The lowest BCUT2D eigenvalue weighted by Gasteiger charge is -2.62. The molecule has 2 fully saturated rings. The van der Waals surface area contributed by atoms with Crippen LogP contribution in [-0.2, 0) is 9.47 Å². The maximum Gasteiger partial charge on any atom is 0.408 e. The summed E-state index contributed by atoms with van der Waals surface area (Å²) in [6, 6.07) is 0. The second-order valence-corrected chi connectivity index (χ2v) is 7.18. The number of rotatable bonds is 3. The Hall–Kier alpha value is -0.810. The van der Waals surface area contributed by atoms with E-state index in [1.165, 1.54) is 0 Å². The van der Waals surface area contributed by atoms with Crippen molar-refractivity contribution in [1.82, 2.24) is 5.32 Å². The molecule has 0 aliphatic heterocycles. The van der Waals surface area contributed by atoms with Gasteiger partial charge in [0, 0.05) is 7.11 Å². The SMILES string of the molecule is COC1CC2(C1)CC(CO)(NC(=O)OC(C)(C)C)C2. The quantitative estimate of drug-likeness (QED) is 0.821. The van der Waals surface area contributed by atoms with Gasteiger partial charge in [-0.15, -0.1) is 0 Å². The molecule has 0 aromatic rings. The first kappa shape index (κ1) is 14.6. The zero-order chi connectivity index (χ0) is 14.3. The van der Waals surface area contributed by atoms with Crippen LogP contribution in [0, 0.1) is 5.41 Å². The van der Waals surface area contributed by atoms with E-state index in [0.29, 0.717) is 6.10 Å². The third-order valence-electron chi connectivity index (χ3n) is 4.15. The average Bonchev–Trinajstić information content (AvgIpc) is 2.16. The number of ether oxygens (including phenoxy) is 2. The Bertz CT molecular complexity index is 347. The smallest absolute Gasteiger partial charge is 0.408 e. The number of carbonyl (C=O) groups is 1. The number of carbonyl (C=O) groups excluding carboxylic acids is 1. The van der Waals surface area contributed by atoms with E-state index < -0.39 is 17.2 Å². The third kappa shape index (κ3) is 3.03. The Morgan fingerprint density at radius 1 is 1.37 bits per heavy atom. The minimum absolute atomic E-state index is 0.0361. The minimum atomic E-state index is -0.514. The van der Waals surface area contributed by atoms with Gasteiger partial charge in [-0.05, 0) is 51.9 Å². The number of hydrogen-bond donors (Lipinski definition) is 2. The highest BCUT2D eigenvalue weighted by Crippen LogP contribution is 2.60. The summed E-state index contributed by atoms with van der Waals surface area (Å²) in [6.45, 7) is 5.45. The molecule has 1 amide bonds. The topological polar surface area (TPSA) is 67.8 Å². The lowest BCUT2D eigenvalue weighted by Crippen LogP contribution is -2.68. The summed E-state index contributed by atoms with van der Waals surface area (Å²) in [4.78, 5) is 11.8. The molecule has 2 N–H and O–H groups in total. The summed E-state index contributed by atoms with van der Waals surface area (Å²) in [6.07, 6.45) is 3.59. The first-order chi connectivity index (χ1) is 8.71. The van der Waals surface area contributed by atoms with Crippen LogP contribution in [0.4, 0.5) is 4.79 Å². The fourth-order valence-electron chi connectivity index (χ4n) is 3.51. The van der Waals surface area contributed by atoms with Gasteiger partial charge in [0.05, 0.1) is 18.2 Å². The van der Waals surface area contributed by atoms with Crippen LogP contribution in [0.1, 0.15) is 46.5 Å². The van der Waals surface area contributed by atoms with Crippen molar-refractivity contribution in [3.63, 3.8) is 0 Å². The maximum absolute atomic E-state index is 11.8. The molecule has 2 aliphatic carbocycles. The van der Waals surface area contributed by atoms with Crippen LogP contribution in [0.5, 0.6) is 0 Å². The number of hydrogen-bond acceptors (Lipinski definition) is 4. The zero-order valence-corrected chi connectivity index (χ0v) is 12.3. The van der Waals surface area contributed by atoms with Crippen LogP contribution in [0.15, 0.2) is 0 Å². The number of nitrogens with one attached hydrogen (secondary N) is 1. The molecule has 110 valence electrons. The molecule has 0 atom stereocenters. The first-order valence-electron chi connectivity index (χ1n) is 6.86. The Balaban J connectivity index is 1.84. The summed E-state index contributed by atoms with van der Waals surface area (Å²) in [5, 5.41) is 12.4. The van der Waals surface area contributed by atoms with Gasteiger partial charge in [0.25, 0.3) is 0 Å². The molecule has 0 bridgehead atoms. The number of alkyl carbamates (subject to hydrolysis) is 1. The minimum Gasteiger partial charge on any atom is -0.444 e. The number of amides is 1. The van der Waals surface area contributed by atoms with E-state index in [-0.39, 0.29) is 12.0 Å². The second-order valence-electron chi connectivity index (χ2n) is 7.18. The number of aliphatic hydroxyl groups is 1. The average molecular weight is 271 g/mol. The van der Waals surface area contributed by atoms with E-state index >= 15 is 0 Å². The monoisotopic (exact) mass is 271 g/mol. The van der Waals surface area contributed by atoms with Crippen LogP contribution in [0.2, 0.25) is 0 Å². The van der Waals surface area contributed by atoms with E-state index in [2.05, 4.69) is 5.32 Å². The molecule has 5 heteroatoms. The summed E-state index contributed by atoms with van der Waals surface area (Å²) >= 11 is 0. The number of aliphatic hydroxyl groups excluding tert-OH is 1. The second kappa shape index (κ2) is 4.63. The maximum atomic E-state index is 11.8. The van der Waals surface area contributed by atoms with Crippen LogP contribution >= 0.6 is 0 Å². The largest absolute Gasteiger partial charge is 0.444 e. The van der Waals surface area contributed by atoms with Crippen molar-refractivity contribution in [2.24, 2.45) is 5.41 Å². The molecule has 0 aromatic carbocycles. The van der Waals surface area contributed by atoms with Gasteiger partial charge in [-0.3, -0.25) is 0 Å². The van der Waals surface area contributed by atoms with Crippen molar-refractivity contribution in [2.75, 3.05) is 13.7 Å². The van der Waals surface area contributed by atoms with Gasteiger partial charge in [0.1, 0.15) is 5.60 Å². The van der Waals surface area contributed by atoms with Crippen molar-refractivity contribution < 1.29 is 19.4 Å². The molecule has 0 radical (unpaired) electrons. The van der Waals surface area contributed by atoms with Gasteiger partial charge in [-0.1, -0.05) is 0 Å².